The number of nitrogens with zero attached hydrogens (tertiary/aromatic N) is 3. The van der Waals surface area contributed by atoms with Crippen LogP contribution >= 0.6 is 11.3 Å². The van der Waals surface area contributed by atoms with Crippen LogP contribution in [0.15, 0.2) is 77.2 Å². The second kappa shape index (κ2) is 7.67. The summed E-state index contributed by atoms with van der Waals surface area (Å²) in [6, 6.07) is 17.8. The highest BCUT2D eigenvalue weighted by molar-refractivity contribution is 7.12. The molecule has 0 spiro atoms. The van der Waals surface area contributed by atoms with Gasteiger partial charge in [-0.1, -0.05) is 36.4 Å². The van der Waals surface area contributed by atoms with Crippen LogP contribution in [0, 0.1) is 11.3 Å². The lowest BCUT2D eigenvalue weighted by atomic mass is 9.96. The van der Waals surface area contributed by atoms with Crippen molar-refractivity contribution in [2.75, 3.05) is 5.32 Å². The molecule has 0 radical (unpaired) electrons. The number of aromatic nitrogens is 1. The molecule has 0 saturated heterocycles. The van der Waals surface area contributed by atoms with Crippen molar-refractivity contribution in [2.45, 2.75) is 13.3 Å². The molecule has 150 valence electrons. The Hall–Kier alpha value is -4.02. The largest absolute Gasteiger partial charge is 0.354 e. The van der Waals surface area contributed by atoms with E-state index in [1.165, 1.54) is 0 Å². The molecule has 1 aromatic heterocycles. The van der Waals surface area contributed by atoms with Crippen LogP contribution in [0.4, 0.5) is 5.69 Å². The summed E-state index contributed by atoms with van der Waals surface area (Å²) < 4.78 is 0. The Morgan fingerprint density at radius 1 is 1.13 bits per heavy atom. The number of thiazole rings is 1. The van der Waals surface area contributed by atoms with Gasteiger partial charge in [-0.05, 0) is 30.7 Å². The maximum atomic E-state index is 12.3. The first-order valence-corrected chi connectivity index (χ1v) is 10.6. The topological polar surface area (TPSA) is 90.2 Å². The predicted molar refractivity (Wildman–Crippen MR) is 121 cm³/mol. The van der Waals surface area contributed by atoms with Crippen molar-refractivity contribution in [1.29, 1.82) is 5.26 Å². The molecule has 2 aliphatic rings. The van der Waals surface area contributed by atoms with Crippen LogP contribution in [-0.4, -0.2) is 16.6 Å². The summed E-state index contributed by atoms with van der Waals surface area (Å²) in [6.07, 6.45) is 4.48. The number of hydrazone groups is 1. The number of hydrogen-bond donors (Lipinski definition) is 2. The second-order valence-corrected chi connectivity index (χ2v) is 8.35. The van der Waals surface area contributed by atoms with Crippen LogP contribution in [0.5, 0.6) is 0 Å². The fraction of sp³-hybridized carbons (Fsp3) is 0.0833. The number of benzene rings is 2. The minimum absolute atomic E-state index is 0.220. The molecule has 5 rings (SSSR count). The van der Waals surface area contributed by atoms with Crippen LogP contribution < -0.4 is 10.7 Å². The number of nitriles is 1. The number of carbonyl (C=O) groups excluding carboxylic acids is 1. The summed E-state index contributed by atoms with van der Waals surface area (Å²) in [5.74, 6) is -0.220. The summed E-state index contributed by atoms with van der Waals surface area (Å²) in [6.45, 7) is 1.81. The standard InChI is InChI=1S/C24H17N5OS/c1-14-22(23(30)29-28-14)21-11-19(18-8-4-5-9-20(18)27-21)24-26-13-17(31-24)10-15-6-2-3-7-16(15)12-25/h2-9,11,13,27H,10H2,1H3,(H,29,30)/b22-21-. The first-order chi connectivity index (χ1) is 15.1. The van der Waals surface area contributed by atoms with Gasteiger partial charge in [-0.15, -0.1) is 11.3 Å². The van der Waals surface area contributed by atoms with Crippen molar-refractivity contribution in [1.82, 2.24) is 10.4 Å². The molecule has 3 heterocycles. The third-order valence-corrected chi connectivity index (χ3v) is 6.28. The highest BCUT2D eigenvalue weighted by atomic mass is 32.1. The van der Waals surface area contributed by atoms with E-state index in [2.05, 4.69) is 26.9 Å². The van der Waals surface area contributed by atoms with E-state index in [-0.39, 0.29) is 5.91 Å². The molecule has 6 nitrogen and oxygen atoms in total. The molecule has 2 aliphatic heterocycles. The second-order valence-electron chi connectivity index (χ2n) is 7.23. The molecule has 0 atom stereocenters. The number of nitrogens with one attached hydrogen (secondary N) is 2. The summed E-state index contributed by atoms with van der Waals surface area (Å²) in [7, 11) is 0. The Bertz CT molecular complexity index is 1360. The normalized spacial score (nSPS) is 17.2. The fourth-order valence-electron chi connectivity index (χ4n) is 3.75. The Morgan fingerprint density at radius 2 is 1.94 bits per heavy atom. The van der Waals surface area contributed by atoms with Crippen molar-refractivity contribution in [3.05, 3.63) is 98.6 Å². The number of allylic oxidation sites excluding steroid dienone is 1. The van der Waals surface area contributed by atoms with E-state index in [4.69, 9.17) is 0 Å². The summed E-state index contributed by atoms with van der Waals surface area (Å²) in [4.78, 5) is 18.1. The Morgan fingerprint density at radius 3 is 2.74 bits per heavy atom. The molecular formula is C24H17N5OS. The van der Waals surface area contributed by atoms with Crippen molar-refractivity contribution in [2.24, 2.45) is 5.10 Å². The number of anilines is 1. The molecule has 2 aromatic carbocycles. The van der Waals surface area contributed by atoms with Crippen LogP contribution in [0.1, 0.15) is 33.5 Å². The highest BCUT2D eigenvalue weighted by Gasteiger charge is 2.27. The molecule has 0 unspecified atom stereocenters. The number of hydrogen-bond acceptors (Lipinski definition) is 6. The number of rotatable bonds is 3. The van der Waals surface area contributed by atoms with Gasteiger partial charge in [-0.3, -0.25) is 4.79 Å². The Balaban J connectivity index is 1.57. The van der Waals surface area contributed by atoms with Crippen molar-refractivity contribution in [3.8, 4) is 6.07 Å². The van der Waals surface area contributed by atoms with Gasteiger partial charge in [0.15, 0.2) is 0 Å². The molecule has 0 aliphatic carbocycles. The van der Waals surface area contributed by atoms with E-state index < -0.39 is 0 Å². The van der Waals surface area contributed by atoms with Crippen LogP contribution in [0.2, 0.25) is 0 Å². The molecule has 3 aromatic rings. The molecule has 2 N–H and O–H groups in total. The van der Waals surface area contributed by atoms with E-state index in [9.17, 15) is 10.1 Å². The lowest BCUT2D eigenvalue weighted by Gasteiger charge is -2.21. The van der Waals surface area contributed by atoms with Gasteiger partial charge in [0.05, 0.1) is 28.6 Å². The molecular weight excluding hydrogens is 406 g/mol. The fourth-order valence-corrected chi connectivity index (χ4v) is 4.72. The molecule has 0 fully saturated rings. The first kappa shape index (κ1) is 19.0. The summed E-state index contributed by atoms with van der Waals surface area (Å²) in [5.41, 5.74) is 8.97. The van der Waals surface area contributed by atoms with Gasteiger partial charge in [0.1, 0.15) is 5.01 Å². The third kappa shape index (κ3) is 3.43. The van der Waals surface area contributed by atoms with Gasteiger partial charge < -0.3 is 5.32 Å². The van der Waals surface area contributed by atoms with Gasteiger partial charge in [-0.2, -0.15) is 10.4 Å². The van der Waals surface area contributed by atoms with E-state index >= 15 is 0 Å². The molecule has 0 bridgehead atoms. The van der Waals surface area contributed by atoms with Crippen LogP contribution in [0.25, 0.3) is 5.57 Å². The van der Waals surface area contributed by atoms with Crippen LogP contribution in [-0.2, 0) is 11.2 Å². The monoisotopic (exact) mass is 423 g/mol. The van der Waals surface area contributed by atoms with Gasteiger partial charge >= 0.3 is 0 Å². The lowest BCUT2D eigenvalue weighted by Crippen LogP contribution is -2.19. The van der Waals surface area contributed by atoms with Gasteiger partial charge in [0.25, 0.3) is 5.91 Å². The maximum Gasteiger partial charge on any atom is 0.275 e. The zero-order valence-corrected chi connectivity index (χ0v) is 17.5. The third-order valence-electron chi connectivity index (χ3n) is 5.25. The number of para-hydroxylation sites is 1. The summed E-state index contributed by atoms with van der Waals surface area (Å²) >= 11 is 1.59. The molecule has 31 heavy (non-hydrogen) atoms. The first-order valence-electron chi connectivity index (χ1n) is 9.74. The predicted octanol–water partition coefficient (Wildman–Crippen LogP) is 4.22. The van der Waals surface area contributed by atoms with Crippen molar-refractivity contribution in [3.63, 3.8) is 0 Å². The average Bonchev–Trinajstić information content (AvgIpc) is 3.39. The van der Waals surface area contributed by atoms with Gasteiger partial charge in [-0.25, -0.2) is 10.4 Å². The zero-order valence-electron chi connectivity index (χ0n) is 16.6. The van der Waals surface area contributed by atoms with Crippen LogP contribution in [0.3, 0.4) is 0 Å². The maximum absolute atomic E-state index is 12.3. The minimum atomic E-state index is -0.220. The molecule has 0 saturated carbocycles. The smallest absolute Gasteiger partial charge is 0.275 e. The minimum Gasteiger partial charge on any atom is -0.354 e. The zero-order chi connectivity index (χ0) is 21.4. The van der Waals surface area contributed by atoms with E-state index in [1.807, 2.05) is 67.7 Å². The number of carbonyl (C=O) groups is 1. The SMILES string of the molecule is CC1=NNC(=O)/C1=C1/C=C(c2ncc(Cc3ccccc3C#N)s2)c2ccccc2N1. The molecule has 1 amide bonds. The Labute approximate surface area is 183 Å². The molecule has 7 heteroatoms. The summed E-state index contributed by atoms with van der Waals surface area (Å²) in [5, 5.41) is 17.6. The van der Waals surface area contributed by atoms with Crippen molar-refractivity contribution >= 4 is 34.2 Å². The number of fused-ring (bicyclic) bond motifs is 1. The van der Waals surface area contributed by atoms with Crippen molar-refractivity contribution < 1.29 is 4.79 Å². The van der Waals surface area contributed by atoms with Gasteiger partial charge in [0, 0.05) is 34.3 Å². The number of amides is 1. The van der Waals surface area contributed by atoms with E-state index in [0.717, 1.165) is 32.3 Å². The van der Waals surface area contributed by atoms with E-state index in [1.54, 1.807) is 11.3 Å². The van der Waals surface area contributed by atoms with Gasteiger partial charge in [0.2, 0.25) is 0 Å². The average molecular weight is 424 g/mol. The highest BCUT2D eigenvalue weighted by Crippen LogP contribution is 2.38. The lowest BCUT2D eigenvalue weighted by molar-refractivity contribution is -0.116. The van der Waals surface area contributed by atoms with E-state index in [0.29, 0.717) is 29.0 Å². The quantitative estimate of drug-likeness (QED) is 0.617. The Kier molecular flexibility index (Phi) is 4.69.